The summed E-state index contributed by atoms with van der Waals surface area (Å²) in [7, 11) is 0. The molecule has 106 valence electrons. The molecule has 0 aliphatic rings. The third-order valence-electron chi connectivity index (χ3n) is 2.05. The van der Waals surface area contributed by atoms with E-state index >= 15 is 0 Å². The molecule has 0 bridgehead atoms. The number of carboxylic acids is 1. The molecule has 2 N–H and O–H groups in total. The summed E-state index contributed by atoms with van der Waals surface area (Å²) >= 11 is 0. The number of hydrogen-bond acceptors (Lipinski definition) is 2. The Labute approximate surface area is 107 Å². The van der Waals surface area contributed by atoms with Crippen LogP contribution in [0, 0.1) is 0 Å². The third kappa shape index (κ3) is 50.4. The highest BCUT2D eigenvalue weighted by Gasteiger charge is 1.82. The van der Waals surface area contributed by atoms with Gasteiger partial charge in [0, 0.05) is 0 Å². The van der Waals surface area contributed by atoms with E-state index in [2.05, 4.69) is 27.7 Å². The maximum atomic E-state index is 9.12. The van der Waals surface area contributed by atoms with Crippen LogP contribution in [0.4, 0.5) is 0 Å². The van der Waals surface area contributed by atoms with Gasteiger partial charge in [0.2, 0.25) is 0 Å². The maximum absolute atomic E-state index is 9.12. The van der Waals surface area contributed by atoms with E-state index in [1.165, 1.54) is 51.4 Å². The fourth-order valence-electron chi connectivity index (χ4n) is 1.000. The molecule has 0 aromatic rings. The average Bonchev–Trinajstić information content (AvgIpc) is 2.35. The molecule has 0 saturated heterocycles. The minimum atomic E-state index is -1.19. The van der Waals surface area contributed by atoms with Crippen molar-refractivity contribution in [3.63, 3.8) is 0 Å². The van der Waals surface area contributed by atoms with Crippen molar-refractivity contribution < 1.29 is 15.0 Å². The van der Waals surface area contributed by atoms with Gasteiger partial charge >= 0.3 is 5.97 Å². The number of rotatable bonds is 7. The Bertz CT molecular complexity index is 109. The van der Waals surface area contributed by atoms with Crippen molar-refractivity contribution in [2.75, 3.05) is 6.61 Å². The van der Waals surface area contributed by atoms with Gasteiger partial charge in [-0.25, -0.2) is 4.79 Å². The standard InChI is InChI=1S/2C6H14.C2H4O3/c2*1-3-5-6-4-2;3-1-2(4)5/h2*3-6H2,1-2H3;3H,1H2,(H,4,5). The molecule has 0 aromatic carbocycles. The lowest BCUT2D eigenvalue weighted by Crippen LogP contribution is -1.98. The molecule has 0 aromatic heterocycles. The van der Waals surface area contributed by atoms with Crippen molar-refractivity contribution in [3.05, 3.63) is 0 Å². The summed E-state index contributed by atoms with van der Waals surface area (Å²) in [5.41, 5.74) is 0. The first kappa shape index (κ1) is 21.7. The first-order valence-electron chi connectivity index (χ1n) is 6.93. The molecular formula is C14H32O3. The van der Waals surface area contributed by atoms with Crippen LogP contribution < -0.4 is 0 Å². The van der Waals surface area contributed by atoms with Crippen LogP contribution in [0.15, 0.2) is 0 Å². The van der Waals surface area contributed by atoms with Crippen LogP contribution in [0.5, 0.6) is 0 Å². The molecule has 3 heteroatoms. The molecule has 0 aliphatic heterocycles. The van der Waals surface area contributed by atoms with Gasteiger partial charge < -0.3 is 10.2 Å². The molecule has 0 radical (unpaired) electrons. The first-order chi connectivity index (χ1) is 8.10. The molecular weight excluding hydrogens is 216 g/mol. The zero-order valence-corrected chi connectivity index (χ0v) is 12.2. The molecule has 0 atom stereocenters. The Morgan fingerprint density at radius 2 is 0.941 bits per heavy atom. The molecule has 0 rings (SSSR count). The summed E-state index contributed by atoms with van der Waals surface area (Å²) in [6.07, 6.45) is 11.1. The topological polar surface area (TPSA) is 57.5 Å². The van der Waals surface area contributed by atoms with E-state index in [-0.39, 0.29) is 0 Å². The Morgan fingerprint density at radius 1 is 0.765 bits per heavy atom. The summed E-state index contributed by atoms with van der Waals surface area (Å²) in [6, 6.07) is 0. The van der Waals surface area contributed by atoms with Crippen LogP contribution in [0.2, 0.25) is 0 Å². The van der Waals surface area contributed by atoms with E-state index in [9.17, 15) is 0 Å². The Hall–Kier alpha value is -0.570. The molecule has 17 heavy (non-hydrogen) atoms. The molecule has 0 heterocycles. The van der Waals surface area contributed by atoms with Crippen molar-refractivity contribution in [3.8, 4) is 0 Å². The maximum Gasteiger partial charge on any atom is 0.329 e. The van der Waals surface area contributed by atoms with Crippen molar-refractivity contribution in [2.24, 2.45) is 0 Å². The fraction of sp³-hybridized carbons (Fsp3) is 0.929. The number of hydrogen-bond donors (Lipinski definition) is 2. The number of unbranched alkanes of at least 4 members (excludes halogenated alkanes) is 6. The SMILES string of the molecule is CCCCCC.CCCCCC.O=C(O)CO. The van der Waals surface area contributed by atoms with Gasteiger partial charge in [-0.1, -0.05) is 79.1 Å². The summed E-state index contributed by atoms with van der Waals surface area (Å²) in [4.78, 5) is 9.12. The fourth-order valence-corrected chi connectivity index (χ4v) is 1.000. The normalized spacial score (nSPS) is 8.53. The predicted octanol–water partition coefficient (Wildman–Crippen LogP) is 4.24. The Balaban J connectivity index is -0.000000174. The van der Waals surface area contributed by atoms with Gasteiger partial charge in [-0.3, -0.25) is 0 Å². The van der Waals surface area contributed by atoms with Crippen molar-refractivity contribution in [2.45, 2.75) is 79.1 Å². The number of aliphatic hydroxyl groups excluding tert-OH is 1. The number of aliphatic hydroxyl groups is 1. The highest BCUT2D eigenvalue weighted by molar-refractivity contribution is 5.67. The molecule has 0 aliphatic carbocycles. The highest BCUT2D eigenvalue weighted by Crippen LogP contribution is 1.95. The molecule has 3 nitrogen and oxygen atoms in total. The molecule has 0 saturated carbocycles. The van der Waals surface area contributed by atoms with Crippen molar-refractivity contribution in [1.29, 1.82) is 0 Å². The minimum absolute atomic E-state index is 0.778. The van der Waals surface area contributed by atoms with Gasteiger partial charge in [0.15, 0.2) is 0 Å². The van der Waals surface area contributed by atoms with Crippen LogP contribution in [-0.2, 0) is 4.79 Å². The highest BCUT2D eigenvalue weighted by atomic mass is 16.4. The van der Waals surface area contributed by atoms with Crippen molar-refractivity contribution in [1.82, 2.24) is 0 Å². The van der Waals surface area contributed by atoms with E-state index in [0.29, 0.717) is 0 Å². The predicted molar refractivity (Wildman–Crippen MR) is 74.4 cm³/mol. The van der Waals surface area contributed by atoms with Gasteiger partial charge in [0.1, 0.15) is 6.61 Å². The van der Waals surface area contributed by atoms with E-state index in [4.69, 9.17) is 15.0 Å². The molecule has 0 spiro atoms. The van der Waals surface area contributed by atoms with Crippen LogP contribution >= 0.6 is 0 Å². The Kier molecular flexibility index (Phi) is 31.4. The van der Waals surface area contributed by atoms with Crippen molar-refractivity contribution >= 4 is 5.97 Å². The third-order valence-corrected chi connectivity index (χ3v) is 2.05. The summed E-state index contributed by atoms with van der Waals surface area (Å²) in [5.74, 6) is -1.19. The smallest absolute Gasteiger partial charge is 0.329 e. The summed E-state index contributed by atoms with van der Waals surface area (Å²) in [5, 5.41) is 15.0. The second-order valence-electron chi connectivity index (χ2n) is 3.97. The number of carboxylic acid groups (broad SMARTS) is 1. The Morgan fingerprint density at radius 3 is 1.00 bits per heavy atom. The molecule has 0 amide bonds. The summed E-state index contributed by atoms with van der Waals surface area (Å²) in [6.45, 7) is 8.15. The van der Waals surface area contributed by atoms with Crippen LogP contribution in [0.3, 0.4) is 0 Å². The van der Waals surface area contributed by atoms with E-state index < -0.39 is 12.6 Å². The van der Waals surface area contributed by atoms with Crippen LogP contribution in [0.1, 0.15) is 79.1 Å². The van der Waals surface area contributed by atoms with E-state index in [0.717, 1.165) is 0 Å². The second-order valence-corrected chi connectivity index (χ2v) is 3.97. The molecule has 0 fully saturated rings. The lowest BCUT2D eigenvalue weighted by atomic mass is 10.2. The first-order valence-corrected chi connectivity index (χ1v) is 6.93. The van der Waals surface area contributed by atoms with E-state index in [1.54, 1.807) is 0 Å². The van der Waals surface area contributed by atoms with E-state index in [1.807, 2.05) is 0 Å². The van der Waals surface area contributed by atoms with Gasteiger partial charge in [-0.2, -0.15) is 0 Å². The lowest BCUT2D eigenvalue weighted by molar-refractivity contribution is -0.140. The van der Waals surface area contributed by atoms with Crippen LogP contribution in [0.25, 0.3) is 0 Å². The quantitative estimate of drug-likeness (QED) is 0.663. The van der Waals surface area contributed by atoms with Gasteiger partial charge in [-0.05, 0) is 0 Å². The molecule has 0 unspecified atom stereocenters. The second kappa shape index (κ2) is 24.6. The summed E-state index contributed by atoms with van der Waals surface area (Å²) < 4.78 is 0. The van der Waals surface area contributed by atoms with Gasteiger partial charge in [0.05, 0.1) is 0 Å². The zero-order valence-electron chi connectivity index (χ0n) is 12.2. The number of aliphatic carboxylic acids is 1. The lowest BCUT2D eigenvalue weighted by Gasteiger charge is -1.86. The van der Waals surface area contributed by atoms with Gasteiger partial charge in [0.25, 0.3) is 0 Å². The zero-order chi connectivity index (χ0) is 13.9. The number of carbonyl (C=O) groups is 1. The largest absolute Gasteiger partial charge is 0.480 e. The average molecular weight is 248 g/mol. The van der Waals surface area contributed by atoms with Crippen LogP contribution in [-0.4, -0.2) is 22.8 Å². The van der Waals surface area contributed by atoms with Gasteiger partial charge in [-0.15, -0.1) is 0 Å². The monoisotopic (exact) mass is 248 g/mol. The minimum Gasteiger partial charge on any atom is -0.480 e.